The van der Waals surface area contributed by atoms with E-state index in [-0.39, 0.29) is 40.7 Å². The highest BCUT2D eigenvalue weighted by atomic mass is 35.5. The van der Waals surface area contributed by atoms with Gasteiger partial charge in [0.15, 0.2) is 14.0 Å². The van der Waals surface area contributed by atoms with Gasteiger partial charge in [-0.05, 0) is 72.1 Å². The third-order valence-corrected chi connectivity index (χ3v) is 13.8. The molecule has 48 heavy (non-hydrogen) atoms. The topological polar surface area (TPSA) is 73.1 Å². The Bertz CT molecular complexity index is 1760. The molecule has 3 heterocycles. The smallest absolute Gasteiger partial charge is 0.412 e. The van der Waals surface area contributed by atoms with Gasteiger partial charge in [0.1, 0.15) is 5.69 Å². The fourth-order valence-corrected chi connectivity index (χ4v) is 7.14. The zero-order valence-electron chi connectivity index (χ0n) is 26.8. The Morgan fingerprint density at radius 2 is 1.62 bits per heavy atom. The number of hydrogen-bond donors (Lipinski definition) is 0. The Morgan fingerprint density at radius 3 is 2.19 bits per heavy atom. The molecule has 1 fully saturated rings. The van der Waals surface area contributed by atoms with Crippen molar-refractivity contribution < 1.29 is 35.6 Å². The average molecular weight is 710 g/mol. The van der Waals surface area contributed by atoms with Gasteiger partial charge in [0.25, 0.3) is 5.91 Å². The minimum absolute atomic E-state index is 0.0618. The summed E-state index contributed by atoms with van der Waals surface area (Å²) >= 11 is 6.61. The van der Waals surface area contributed by atoms with Crippen LogP contribution >= 0.6 is 11.6 Å². The number of carbonyl (C=O) groups excluding carboxylic acids is 1. The van der Waals surface area contributed by atoms with Crippen molar-refractivity contribution >= 4 is 25.8 Å². The van der Waals surface area contributed by atoms with E-state index in [0.717, 1.165) is 4.68 Å². The summed E-state index contributed by atoms with van der Waals surface area (Å²) in [5, 5.41) is 8.57. The van der Waals surface area contributed by atoms with E-state index >= 15 is 0 Å². The van der Waals surface area contributed by atoms with Crippen molar-refractivity contribution in [1.82, 2.24) is 24.9 Å². The van der Waals surface area contributed by atoms with E-state index in [0.29, 0.717) is 34.7 Å². The highest BCUT2D eigenvalue weighted by molar-refractivity contribution is 6.74. The molecule has 15 heteroatoms. The van der Waals surface area contributed by atoms with E-state index < -0.39 is 50.3 Å². The van der Waals surface area contributed by atoms with Gasteiger partial charge < -0.3 is 9.33 Å². The highest BCUT2D eigenvalue weighted by Gasteiger charge is 2.45. The molecule has 2 atom stereocenters. The molecule has 0 aliphatic carbocycles. The van der Waals surface area contributed by atoms with Gasteiger partial charge in [0.2, 0.25) is 0 Å². The number of aromatic nitrogens is 4. The Labute approximate surface area is 280 Å². The van der Waals surface area contributed by atoms with Crippen LogP contribution in [-0.2, 0) is 23.3 Å². The van der Waals surface area contributed by atoms with Crippen molar-refractivity contribution in [2.45, 2.75) is 76.4 Å². The number of amides is 1. The predicted octanol–water partition coefficient (Wildman–Crippen LogP) is 9.06. The normalized spacial score (nSPS) is 17.6. The van der Waals surface area contributed by atoms with Crippen LogP contribution in [0.25, 0.3) is 11.3 Å². The van der Waals surface area contributed by atoms with Gasteiger partial charge in [-0.2, -0.15) is 26.3 Å². The summed E-state index contributed by atoms with van der Waals surface area (Å²) in [5.74, 6) is -0.550. The lowest BCUT2D eigenvalue weighted by atomic mass is 10.0. The Balaban J connectivity index is 1.58. The first-order valence-electron chi connectivity index (χ1n) is 15.1. The molecular weight excluding hydrogens is 676 g/mol. The van der Waals surface area contributed by atoms with E-state index in [1.165, 1.54) is 12.4 Å². The SMILES string of the molecule is CC(C)(C)[Si](C)(C)OC1CC(c2ccccc2Cl)N(C(=O)c2nnn(Cc3cc(C(F)(F)F)cc(C(F)(F)F)c3)c2-c2cccnc2)C1. The second-order valence-electron chi connectivity index (χ2n) is 13.3. The summed E-state index contributed by atoms with van der Waals surface area (Å²) in [6, 6.07) is 11.1. The Morgan fingerprint density at radius 1 is 0.979 bits per heavy atom. The number of alkyl halides is 6. The third kappa shape index (κ3) is 7.45. The zero-order chi connectivity index (χ0) is 35.2. The van der Waals surface area contributed by atoms with Crippen LogP contribution in [0.15, 0.2) is 67.0 Å². The number of hydrogen-bond acceptors (Lipinski definition) is 5. The second-order valence-corrected chi connectivity index (χ2v) is 18.5. The van der Waals surface area contributed by atoms with E-state index in [1.807, 2.05) is 12.1 Å². The molecule has 0 saturated carbocycles. The van der Waals surface area contributed by atoms with Crippen molar-refractivity contribution in [3.63, 3.8) is 0 Å². The van der Waals surface area contributed by atoms with Crippen LogP contribution in [0.5, 0.6) is 0 Å². The molecule has 2 aromatic carbocycles. The number of rotatable bonds is 7. The standard InChI is InChI=1S/C33H34ClF6N5O2Si/c1-31(2,3)48(4,5)47-24-16-27(25-10-6-7-11-26(25)34)44(19-24)30(46)28-29(21-9-8-12-41-17-21)45(43-42-28)18-20-13-22(32(35,36)37)15-23(14-20)33(38,39)40/h6-15,17,24,27H,16,18-19H2,1-5H3. The zero-order valence-corrected chi connectivity index (χ0v) is 28.6. The van der Waals surface area contributed by atoms with Gasteiger partial charge in [0.05, 0.1) is 29.8 Å². The second kappa shape index (κ2) is 12.9. The van der Waals surface area contributed by atoms with Gasteiger partial charge in [-0.3, -0.25) is 9.78 Å². The number of benzene rings is 2. The highest BCUT2D eigenvalue weighted by Crippen LogP contribution is 2.43. The molecule has 0 radical (unpaired) electrons. The van der Waals surface area contributed by atoms with Gasteiger partial charge in [-0.15, -0.1) is 5.10 Å². The first-order chi connectivity index (χ1) is 22.3. The molecular formula is C33H34ClF6N5O2Si. The van der Waals surface area contributed by atoms with Crippen molar-refractivity contribution in [3.05, 3.63) is 100.0 Å². The van der Waals surface area contributed by atoms with Crippen molar-refractivity contribution in [3.8, 4) is 11.3 Å². The van der Waals surface area contributed by atoms with Crippen LogP contribution in [0.4, 0.5) is 26.3 Å². The minimum Gasteiger partial charge on any atom is -0.412 e. The molecule has 0 N–H and O–H groups in total. The summed E-state index contributed by atoms with van der Waals surface area (Å²) in [7, 11) is -2.27. The number of likely N-dealkylation sites (tertiary alicyclic amines) is 1. The Kier molecular flexibility index (Phi) is 9.58. The first-order valence-corrected chi connectivity index (χ1v) is 18.4. The van der Waals surface area contributed by atoms with E-state index in [1.54, 1.807) is 29.2 Å². The molecule has 256 valence electrons. The van der Waals surface area contributed by atoms with E-state index in [9.17, 15) is 31.1 Å². The van der Waals surface area contributed by atoms with Crippen LogP contribution in [-0.4, -0.2) is 51.8 Å². The maximum absolute atomic E-state index is 14.5. The lowest BCUT2D eigenvalue weighted by molar-refractivity contribution is -0.143. The van der Waals surface area contributed by atoms with Crippen LogP contribution in [0.3, 0.4) is 0 Å². The van der Waals surface area contributed by atoms with Crippen LogP contribution in [0.2, 0.25) is 23.2 Å². The summed E-state index contributed by atoms with van der Waals surface area (Å²) in [5.41, 5.74) is -2.26. The summed E-state index contributed by atoms with van der Waals surface area (Å²) < 4.78 is 89.6. The van der Waals surface area contributed by atoms with Gasteiger partial charge in [-0.25, -0.2) is 4.68 Å². The quantitative estimate of drug-likeness (QED) is 0.141. The molecule has 2 unspecified atom stereocenters. The molecule has 1 saturated heterocycles. The van der Waals surface area contributed by atoms with Crippen molar-refractivity contribution in [2.24, 2.45) is 0 Å². The maximum atomic E-state index is 14.5. The summed E-state index contributed by atoms with van der Waals surface area (Å²) in [6.45, 7) is 10.2. The molecule has 0 spiro atoms. The molecule has 7 nitrogen and oxygen atoms in total. The van der Waals surface area contributed by atoms with Crippen LogP contribution < -0.4 is 0 Å². The molecule has 4 aromatic rings. The fraction of sp³-hybridized carbons (Fsp3) is 0.394. The van der Waals surface area contributed by atoms with Crippen molar-refractivity contribution in [2.75, 3.05) is 6.54 Å². The molecule has 2 aromatic heterocycles. The molecule has 1 amide bonds. The Hall–Kier alpha value is -3.75. The average Bonchev–Trinajstić information content (AvgIpc) is 3.60. The fourth-order valence-electron chi connectivity index (χ4n) is 5.52. The van der Waals surface area contributed by atoms with E-state index in [2.05, 4.69) is 49.2 Å². The molecule has 1 aliphatic rings. The minimum atomic E-state index is -5.03. The first kappa shape index (κ1) is 35.6. The summed E-state index contributed by atoms with van der Waals surface area (Å²) in [6.07, 6.45) is -7.05. The van der Waals surface area contributed by atoms with Crippen LogP contribution in [0.1, 0.15) is 66.0 Å². The predicted molar refractivity (Wildman–Crippen MR) is 171 cm³/mol. The van der Waals surface area contributed by atoms with Crippen LogP contribution in [0, 0.1) is 0 Å². The largest absolute Gasteiger partial charge is 0.416 e. The monoisotopic (exact) mass is 709 g/mol. The van der Waals surface area contributed by atoms with Gasteiger partial charge >= 0.3 is 12.4 Å². The molecule has 1 aliphatic heterocycles. The molecule has 5 rings (SSSR count). The number of carbonyl (C=O) groups is 1. The van der Waals surface area contributed by atoms with E-state index in [4.69, 9.17) is 16.0 Å². The molecule has 0 bridgehead atoms. The lowest BCUT2D eigenvalue weighted by Crippen LogP contribution is -2.44. The van der Waals surface area contributed by atoms with Gasteiger partial charge in [0, 0.05) is 29.5 Å². The number of nitrogens with zero attached hydrogens (tertiary/aromatic N) is 5. The number of pyridine rings is 1. The van der Waals surface area contributed by atoms with Gasteiger partial charge in [-0.1, -0.05) is 55.8 Å². The third-order valence-electron chi connectivity index (χ3n) is 8.91. The lowest BCUT2D eigenvalue weighted by Gasteiger charge is -2.38. The van der Waals surface area contributed by atoms with Crippen molar-refractivity contribution in [1.29, 1.82) is 0 Å². The summed E-state index contributed by atoms with van der Waals surface area (Å²) in [4.78, 5) is 20.2. The maximum Gasteiger partial charge on any atom is 0.416 e. The number of halogens is 7.